The lowest BCUT2D eigenvalue weighted by atomic mass is 9.99. The molecule has 0 saturated carbocycles. The van der Waals surface area contributed by atoms with E-state index >= 15 is 0 Å². The number of hydrogen-bond donors (Lipinski definition) is 1. The van der Waals surface area contributed by atoms with Gasteiger partial charge in [0, 0.05) is 25.7 Å². The third-order valence-corrected chi connectivity index (χ3v) is 5.23. The Kier molecular flexibility index (Phi) is 3.84. The summed E-state index contributed by atoms with van der Waals surface area (Å²) in [5.41, 5.74) is 0.305. The van der Waals surface area contributed by atoms with Crippen LogP contribution in [0, 0.1) is 0 Å². The van der Waals surface area contributed by atoms with Gasteiger partial charge in [0.2, 0.25) is 5.91 Å². The number of fused-ring (bicyclic) bond motifs is 2. The number of nitrogens with zero attached hydrogens (tertiary/aromatic N) is 5. The number of hydrogen-bond acceptors (Lipinski definition) is 5. The second kappa shape index (κ2) is 6.01. The molecule has 0 spiro atoms. The molecule has 128 valence electrons. The maximum Gasteiger partial charge on any atom is 0.264 e. The summed E-state index contributed by atoms with van der Waals surface area (Å²) in [7, 11) is 1.74. The molecule has 0 aromatic carbocycles. The van der Waals surface area contributed by atoms with Crippen molar-refractivity contribution in [3.05, 3.63) is 22.9 Å². The average Bonchev–Trinajstić information content (AvgIpc) is 3.15. The molecule has 24 heavy (non-hydrogen) atoms. The van der Waals surface area contributed by atoms with Crippen LogP contribution in [0.4, 0.5) is 0 Å². The number of piperidine rings is 1. The molecule has 8 heteroatoms. The summed E-state index contributed by atoms with van der Waals surface area (Å²) in [4.78, 5) is 31.5. The van der Waals surface area contributed by atoms with Crippen LogP contribution < -0.4 is 10.9 Å². The highest BCUT2D eigenvalue weighted by Crippen LogP contribution is 2.27. The highest BCUT2D eigenvalue weighted by Gasteiger charge is 2.36. The van der Waals surface area contributed by atoms with Crippen LogP contribution in [0.5, 0.6) is 0 Å². The van der Waals surface area contributed by atoms with Crippen LogP contribution in [-0.2, 0) is 18.4 Å². The van der Waals surface area contributed by atoms with E-state index in [2.05, 4.69) is 20.3 Å². The zero-order chi connectivity index (χ0) is 16.7. The second-order valence-corrected chi connectivity index (χ2v) is 6.74. The van der Waals surface area contributed by atoms with Crippen LogP contribution in [0.25, 0.3) is 11.0 Å². The molecular formula is C16H22N6O2. The zero-order valence-electron chi connectivity index (χ0n) is 13.8. The molecular weight excluding hydrogens is 308 g/mol. The molecule has 0 radical (unpaired) electrons. The topological polar surface area (TPSA) is 85.0 Å². The Morgan fingerprint density at radius 1 is 1.33 bits per heavy atom. The fraction of sp³-hybridized carbons (Fsp3) is 0.625. The van der Waals surface area contributed by atoms with E-state index in [9.17, 15) is 9.59 Å². The highest BCUT2D eigenvalue weighted by molar-refractivity contribution is 5.77. The van der Waals surface area contributed by atoms with Gasteiger partial charge in [0.1, 0.15) is 18.3 Å². The predicted octanol–water partition coefficient (Wildman–Crippen LogP) is -0.127. The van der Waals surface area contributed by atoms with E-state index in [1.54, 1.807) is 11.7 Å². The third kappa shape index (κ3) is 2.60. The molecule has 1 N–H and O–H groups in total. The van der Waals surface area contributed by atoms with Crippen molar-refractivity contribution in [3.63, 3.8) is 0 Å². The van der Waals surface area contributed by atoms with Gasteiger partial charge in [-0.3, -0.25) is 23.7 Å². The first kappa shape index (κ1) is 15.3. The summed E-state index contributed by atoms with van der Waals surface area (Å²) in [5.74, 6) is -0.125. The summed E-state index contributed by atoms with van der Waals surface area (Å²) >= 11 is 0. The minimum Gasteiger partial charge on any atom is -0.350 e. The molecule has 2 saturated heterocycles. The van der Waals surface area contributed by atoms with Gasteiger partial charge in [-0.25, -0.2) is 4.98 Å². The lowest BCUT2D eigenvalue weighted by molar-refractivity contribution is -0.122. The Bertz CT molecular complexity index is 826. The van der Waals surface area contributed by atoms with Crippen molar-refractivity contribution in [1.82, 2.24) is 29.5 Å². The van der Waals surface area contributed by atoms with E-state index in [4.69, 9.17) is 0 Å². The van der Waals surface area contributed by atoms with Gasteiger partial charge in [-0.2, -0.15) is 5.10 Å². The van der Waals surface area contributed by atoms with Crippen molar-refractivity contribution in [1.29, 1.82) is 0 Å². The molecule has 4 rings (SSSR count). The van der Waals surface area contributed by atoms with Crippen LogP contribution in [0.2, 0.25) is 0 Å². The predicted molar refractivity (Wildman–Crippen MR) is 88.5 cm³/mol. The first-order valence-electron chi connectivity index (χ1n) is 8.54. The van der Waals surface area contributed by atoms with Gasteiger partial charge >= 0.3 is 0 Å². The van der Waals surface area contributed by atoms with E-state index < -0.39 is 0 Å². The highest BCUT2D eigenvalue weighted by atomic mass is 16.2. The number of nitrogens with one attached hydrogen (secondary N) is 1. The summed E-state index contributed by atoms with van der Waals surface area (Å²) in [5, 5.41) is 7.60. The molecule has 0 bridgehead atoms. The summed E-state index contributed by atoms with van der Waals surface area (Å²) < 4.78 is 2.91. The molecule has 1 amide bonds. The Morgan fingerprint density at radius 2 is 2.21 bits per heavy atom. The largest absolute Gasteiger partial charge is 0.350 e. The van der Waals surface area contributed by atoms with Gasteiger partial charge < -0.3 is 5.32 Å². The quantitative estimate of drug-likeness (QED) is 0.848. The summed E-state index contributed by atoms with van der Waals surface area (Å²) in [6.07, 6.45) is 7.54. The van der Waals surface area contributed by atoms with Crippen molar-refractivity contribution in [2.45, 2.75) is 44.3 Å². The fourth-order valence-electron chi connectivity index (χ4n) is 4.00. The van der Waals surface area contributed by atoms with Crippen LogP contribution in [0.1, 0.15) is 25.7 Å². The molecule has 2 unspecified atom stereocenters. The molecule has 2 fully saturated rings. The lowest BCUT2D eigenvalue weighted by Gasteiger charge is -2.32. The minimum absolute atomic E-state index is 0.000111. The van der Waals surface area contributed by atoms with E-state index in [1.165, 1.54) is 29.9 Å². The maximum atomic E-state index is 12.4. The monoisotopic (exact) mass is 330 g/mol. The first-order valence-corrected chi connectivity index (χ1v) is 8.54. The molecule has 2 atom stereocenters. The molecule has 2 aliphatic heterocycles. The van der Waals surface area contributed by atoms with Crippen molar-refractivity contribution < 1.29 is 4.79 Å². The number of rotatable bonds is 3. The third-order valence-electron chi connectivity index (χ3n) is 5.23. The van der Waals surface area contributed by atoms with Gasteiger partial charge in [-0.15, -0.1) is 0 Å². The van der Waals surface area contributed by atoms with Crippen LogP contribution >= 0.6 is 0 Å². The second-order valence-electron chi connectivity index (χ2n) is 6.74. The molecule has 8 nitrogen and oxygen atoms in total. The Hall–Kier alpha value is -2.22. The van der Waals surface area contributed by atoms with E-state index in [1.807, 2.05) is 0 Å². The molecule has 0 aliphatic carbocycles. The van der Waals surface area contributed by atoms with Crippen molar-refractivity contribution in [2.75, 3.05) is 13.1 Å². The van der Waals surface area contributed by atoms with E-state index in [0.29, 0.717) is 17.1 Å². The fourth-order valence-corrected chi connectivity index (χ4v) is 4.00. The number of carbonyl (C=O) groups excluding carboxylic acids is 1. The number of amides is 1. The number of aryl methyl sites for hydroxylation is 1. The Balaban J connectivity index is 1.46. The van der Waals surface area contributed by atoms with Crippen LogP contribution in [0.3, 0.4) is 0 Å². The summed E-state index contributed by atoms with van der Waals surface area (Å²) in [6, 6.07) is 0.655. The molecule has 2 aliphatic rings. The SMILES string of the molecule is Cn1ncc2c(=O)n(CC(=O)NC3CCN4CCCCC34)cnc21. The Morgan fingerprint density at radius 3 is 3.08 bits per heavy atom. The normalized spacial score (nSPS) is 24.2. The Labute approximate surface area is 139 Å². The van der Waals surface area contributed by atoms with Crippen LogP contribution in [0.15, 0.2) is 17.3 Å². The van der Waals surface area contributed by atoms with Gasteiger partial charge in [0.05, 0.1) is 6.20 Å². The van der Waals surface area contributed by atoms with Crippen LogP contribution in [-0.4, -0.2) is 55.3 Å². The van der Waals surface area contributed by atoms with Gasteiger partial charge in [-0.1, -0.05) is 6.42 Å². The lowest BCUT2D eigenvalue weighted by Crippen LogP contribution is -2.48. The zero-order valence-corrected chi connectivity index (χ0v) is 13.8. The van der Waals surface area contributed by atoms with Gasteiger partial charge in [-0.05, 0) is 25.8 Å². The van der Waals surface area contributed by atoms with Crippen molar-refractivity contribution in [3.8, 4) is 0 Å². The molecule has 4 heterocycles. The summed E-state index contributed by atoms with van der Waals surface area (Å²) in [6.45, 7) is 2.19. The van der Waals surface area contributed by atoms with E-state index in [0.717, 1.165) is 25.9 Å². The van der Waals surface area contributed by atoms with Crippen molar-refractivity contribution >= 4 is 16.9 Å². The van der Waals surface area contributed by atoms with Gasteiger partial charge in [0.15, 0.2) is 5.65 Å². The average molecular weight is 330 g/mol. The molecule has 2 aromatic rings. The smallest absolute Gasteiger partial charge is 0.264 e. The first-order chi connectivity index (χ1) is 11.6. The minimum atomic E-state index is -0.228. The maximum absolute atomic E-state index is 12.4. The van der Waals surface area contributed by atoms with Gasteiger partial charge in [0.25, 0.3) is 5.56 Å². The van der Waals surface area contributed by atoms with Crippen molar-refractivity contribution in [2.24, 2.45) is 7.05 Å². The number of carbonyl (C=O) groups is 1. The number of aromatic nitrogens is 4. The standard InChI is InChI=1S/C16H22N6O2/c1-20-15-11(8-18-20)16(24)22(10-17-15)9-14(23)19-12-5-7-21-6-3-2-4-13(12)21/h8,10,12-13H,2-7,9H2,1H3,(H,19,23). The van der Waals surface area contributed by atoms with E-state index in [-0.39, 0.29) is 24.1 Å². The molecule has 2 aromatic heterocycles.